The van der Waals surface area contributed by atoms with E-state index in [-0.39, 0.29) is 18.2 Å². The zero-order chi connectivity index (χ0) is 13.8. The maximum Gasteiger partial charge on any atom is 0.166 e. The first-order chi connectivity index (χ1) is 9.08. The summed E-state index contributed by atoms with van der Waals surface area (Å²) < 4.78 is 0. The molecule has 0 saturated heterocycles. The van der Waals surface area contributed by atoms with Gasteiger partial charge in [-0.2, -0.15) is 0 Å². The van der Waals surface area contributed by atoms with Crippen molar-refractivity contribution in [2.45, 2.75) is 12.5 Å². The highest BCUT2D eigenvalue weighted by Crippen LogP contribution is 2.24. The smallest absolute Gasteiger partial charge is 0.166 e. The monoisotopic (exact) mass is 293 g/mol. The number of ketones is 1. The van der Waals surface area contributed by atoms with Crippen LogP contribution in [0.4, 0.5) is 0 Å². The quantitative estimate of drug-likeness (QED) is 0.856. The average molecular weight is 294 g/mol. The van der Waals surface area contributed by atoms with Gasteiger partial charge in [0.1, 0.15) is 0 Å². The molecule has 1 atom stereocenters. The lowest BCUT2D eigenvalue weighted by Gasteiger charge is -2.12. The van der Waals surface area contributed by atoms with Crippen LogP contribution in [0.5, 0.6) is 0 Å². The van der Waals surface area contributed by atoms with Gasteiger partial charge in [0.05, 0.1) is 5.02 Å². The lowest BCUT2D eigenvalue weighted by molar-refractivity contribution is 0.0974. The van der Waals surface area contributed by atoms with Crippen molar-refractivity contribution in [3.05, 3.63) is 69.7 Å². The van der Waals surface area contributed by atoms with E-state index in [0.29, 0.717) is 15.6 Å². The van der Waals surface area contributed by atoms with Gasteiger partial charge in [0, 0.05) is 23.0 Å². The fourth-order valence-electron chi connectivity index (χ4n) is 1.84. The fraction of sp³-hybridized carbons (Fsp3) is 0.133. The Kier molecular flexibility index (Phi) is 4.59. The molecule has 0 bridgehead atoms. The molecule has 0 amide bonds. The Labute approximate surface area is 122 Å². The first-order valence-corrected chi connectivity index (χ1v) is 6.62. The van der Waals surface area contributed by atoms with Crippen molar-refractivity contribution in [1.29, 1.82) is 0 Å². The number of carbonyl (C=O) groups excluding carboxylic acids is 1. The van der Waals surface area contributed by atoms with Crippen molar-refractivity contribution >= 4 is 29.0 Å². The van der Waals surface area contributed by atoms with E-state index in [0.717, 1.165) is 5.56 Å². The van der Waals surface area contributed by atoms with Crippen molar-refractivity contribution in [1.82, 2.24) is 0 Å². The largest absolute Gasteiger partial charge is 0.324 e. The standard InChI is InChI=1S/C15H13Cl2NO/c16-11-6-7-13(17)12(8-11)15(19)9-14(18)10-4-2-1-3-5-10/h1-8,14H,9,18H2. The topological polar surface area (TPSA) is 43.1 Å². The highest BCUT2D eigenvalue weighted by Gasteiger charge is 2.16. The second-order valence-corrected chi connectivity index (χ2v) is 5.11. The zero-order valence-electron chi connectivity index (χ0n) is 10.1. The van der Waals surface area contributed by atoms with Crippen LogP contribution < -0.4 is 5.73 Å². The van der Waals surface area contributed by atoms with Gasteiger partial charge >= 0.3 is 0 Å². The predicted octanol–water partition coefficient (Wildman–Crippen LogP) is 4.27. The second kappa shape index (κ2) is 6.20. The summed E-state index contributed by atoms with van der Waals surface area (Å²) in [5.41, 5.74) is 7.37. The van der Waals surface area contributed by atoms with Crippen LogP contribution in [-0.2, 0) is 0 Å². The van der Waals surface area contributed by atoms with Crippen LogP contribution in [0.25, 0.3) is 0 Å². The number of hydrogen-bond donors (Lipinski definition) is 1. The Morgan fingerprint density at radius 2 is 1.79 bits per heavy atom. The van der Waals surface area contributed by atoms with Crippen molar-refractivity contribution in [2.24, 2.45) is 5.73 Å². The maximum absolute atomic E-state index is 12.2. The molecule has 2 rings (SSSR count). The summed E-state index contributed by atoms with van der Waals surface area (Å²) in [5, 5.41) is 0.885. The van der Waals surface area contributed by atoms with Crippen molar-refractivity contribution in [3.8, 4) is 0 Å². The van der Waals surface area contributed by atoms with E-state index in [4.69, 9.17) is 28.9 Å². The summed E-state index contributed by atoms with van der Waals surface area (Å²) >= 11 is 11.9. The molecule has 2 aromatic rings. The highest BCUT2D eigenvalue weighted by molar-refractivity contribution is 6.35. The van der Waals surface area contributed by atoms with Gasteiger partial charge in [-0.1, -0.05) is 53.5 Å². The van der Waals surface area contributed by atoms with E-state index in [9.17, 15) is 4.79 Å². The van der Waals surface area contributed by atoms with Gasteiger partial charge in [-0.15, -0.1) is 0 Å². The summed E-state index contributed by atoms with van der Waals surface area (Å²) in [4.78, 5) is 12.2. The molecular formula is C15H13Cl2NO. The number of benzene rings is 2. The van der Waals surface area contributed by atoms with E-state index in [1.807, 2.05) is 30.3 Å². The second-order valence-electron chi connectivity index (χ2n) is 4.27. The third-order valence-corrected chi connectivity index (χ3v) is 3.43. The van der Waals surface area contributed by atoms with Gasteiger partial charge in [-0.25, -0.2) is 0 Å². The number of rotatable bonds is 4. The van der Waals surface area contributed by atoms with Gasteiger partial charge in [0.2, 0.25) is 0 Å². The maximum atomic E-state index is 12.2. The van der Waals surface area contributed by atoms with Crippen molar-refractivity contribution in [2.75, 3.05) is 0 Å². The number of hydrogen-bond acceptors (Lipinski definition) is 2. The Hall–Kier alpha value is -1.35. The van der Waals surface area contributed by atoms with Crippen LogP contribution in [0, 0.1) is 0 Å². The Bertz CT molecular complexity index is 584. The van der Waals surface area contributed by atoms with E-state index >= 15 is 0 Å². The number of nitrogens with two attached hydrogens (primary N) is 1. The number of Topliss-reactive ketones (excluding diaryl/α,β-unsaturated/α-hetero) is 1. The summed E-state index contributed by atoms with van der Waals surface area (Å²) in [5.74, 6) is -0.108. The fourth-order valence-corrected chi connectivity index (χ4v) is 2.23. The Balaban J connectivity index is 2.15. The highest BCUT2D eigenvalue weighted by atomic mass is 35.5. The Morgan fingerprint density at radius 3 is 2.47 bits per heavy atom. The van der Waals surface area contributed by atoms with E-state index in [2.05, 4.69) is 0 Å². The normalized spacial score (nSPS) is 12.2. The molecule has 1 unspecified atom stereocenters. The van der Waals surface area contributed by atoms with Crippen LogP contribution in [-0.4, -0.2) is 5.78 Å². The van der Waals surface area contributed by atoms with Gasteiger partial charge in [0.25, 0.3) is 0 Å². The van der Waals surface area contributed by atoms with Gasteiger partial charge in [-0.3, -0.25) is 4.79 Å². The van der Waals surface area contributed by atoms with Crippen LogP contribution in [0.1, 0.15) is 28.4 Å². The van der Waals surface area contributed by atoms with E-state index < -0.39 is 0 Å². The minimum absolute atomic E-state index is 0.108. The van der Waals surface area contributed by atoms with Gasteiger partial charge < -0.3 is 5.73 Å². The number of halogens is 2. The summed E-state index contributed by atoms with van der Waals surface area (Å²) in [7, 11) is 0. The van der Waals surface area contributed by atoms with Gasteiger partial charge in [0.15, 0.2) is 5.78 Å². The molecule has 4 heteroatoms. The molecular weight excluding hydrogens is 281 g/mol. The third-order valence-electron chi connectivity index (χ3n) is 2.86. The third kappa shape index (κ3) is 3.57. The molecule has 0 heterocycles. The van der Waals surface area contributed by atoms with Crippen LogP contribution >= 0.6 is 23.2 Å². The lowest BCUT2D eigenvalue weighted by Crippen LogP contribution is -2.15. The van der Waals surface area contributed by atoms with Crippen molar-refractivity contribution < 1.29 is 4.79 Å². The molecule has 0 aliphatic carbocycles. The van der Waals surface area contributed by atoms with Crippen LogP contribution in [0.3, 0.4) is 0 Å². The molecule has 0 saturated carbocycles. The first kappa shape index (κ1) is 14.1. The molecule has 2 N–H and O–H groups in total. The summed E-state index contributed by atoms with van der Waals surface area (Å²) in [6.07, 6.45) is 0.198. The first-order valence-electron chi connectivity index (χ1n) is 5.86. The molecule has 0 radical (unpaired) electrons. The molecule has 0 aromatic heterocycles. The molecule has 2 aromatic carbocycles. The van der Waals surface area contributed by atoms with E-state index in [1.54, 1.807) is 18.2 Å². The summed E-state index contributed by atoms with van der Waals surface area (Å²) in [6, 6.07) is 14.0. The molecule has 0 aliphatic heterocycles. The van der Waals surface area contributed by atoms with Crippen molar-refractivity contribution in [3.63, 3.8) is 0 Å². The Morgan fingerprint density at radius 1 is 1.11 bits per heavy atom. The molecule has 2 nitrogen and oxygen atoms in total. The number of carbonyl (C=O) groups is 1. The SMILES string of the molecule is NC(CC(=O)c1cc(Cl)ccc1Cl)c1ccccc1. The predicted molar refractivity (Wildman–Crippen MR) is 78.8 cm³/mol. The molecule has 0 spiro atoms. The minimum Gasteiger partial charge on any atom is -0.324 e. The van der Waals surface area contributed by atoms with E-state index in [1.165, 1.54) is 0 Å². The minimum atomic E-state index is -0.344. The molecule has 19 heavy (non-hydrogen) atoms. The molecule has 0 fully saturated rings. The summed E-state index contributed by atoms with van der Waals surface area (Å²) in [6.45, 7) is 0. The lowest BCUT2D eigenvalue weighted by atomic mass is 9.99. The zero-order valence-corrected chi connectivity index (χ0v) is 11.7. The van der Waals surface area contributed by atoms with Crippen LogP contribution in [0.15, 0.2) is 48.5 Å². The van der Waals surface area contributed by atoms with Crippen LogP contribution in [0.2, 0.25) is 10.0 Å². The average Bonchev–Trinajstić information content (AvgIpc) is 2.42. The van der Waals surface area contributed by atoms with Gasteiger partial charge in [-0.05, 0) is 23.8 Å². The molecule has 98 valence electrons. The molecule has 0 aliphatic rings.